The maximum Gasteiger partial charge on any atom is 0.0540 e. The molecular weight excluding hydrogens is 222 g/mol. The molecule has 3 nitrogen and oxygen atoms in total. The molecule has 3 heteroatoms. The van der Waals surface area contributed by atoms with Crippen molar-refractivity contribution < 1.29 is 0 Å². The van der Waals surface area contributed by atoms with Crippen molar-refractivity contribution in [3.05, 3.63) is 18.0 Å². The van der Waals surface area contributed by atoms with Crippen molar-refractivity contribution in [2.24, 2.45) is 16.6 Å². The summed E-state index contributed by atoms with van der Waals surface area (Å²) in [5.74, 6) is 0. The van der Waals surface area contributed by atoms with Gasteiger partial charge in [0.1, 0.15) is 0 Å². The van der Waals surface area contributed by atoms with Crippen LogP contribution < -0.4 is 5.73 Å². The average molecular weight is 249 g/mol. The van der Waals surface area contributed by atoms with E-state index in [-0.39, 0.29) is 5.54 Å². The van der Waals surface area contributed by atoms with Crippen LogP contribution in [-0.2, 0) is 12.1 Å². The molecule has 2 rings (SSSR count). The fourth-order valence-electron chi connectivity index (χ4n) is 4.19. The molecule has 18 heavy (non-hydrogen) atoms. The highest BCUT2D eigenvalue weighted by molar-refractivity contribution is 5.21. The third-order valence-corrected chi connectivity index (χ3v) is 4.08. The van der Waals surface area contributed by atoms with Crippen molar-refractivity contribution in [1.82, 2.24) is 9.78 Å². The fraction of sp³-hybridized carbons (Fsp3) is 0.800. The number of hydrogen-bond acceptors (Lipinski definition) is 2. The first kappa shape index (κ1) is 13.6. The van der Waals surface area contributed by atoms with Crippen LogP contribution in [0.5, 0.6) is 0 Å². The molecule has 1 heterocycles. The summed E-state index contributed by atoms with van der Waals surface area (Å²) in [5.41, 5.74) is 8.31. The molecule has 0 unspecified atom stereocenters. The van der Waals surface area contributed by atoms with Gasteiger partial charge in [0.05, 0.1) is 6.20 Å². The Morgan fingerprint density at radius 1 is 1.17 bits per heavy atom. The van der Waals surface area contributed by atoms with E-state index in [2.05, 4.69) is 45.9 Å². The number of rotatable bonds is 2. The van der Waals surface area contributed by atoms with Crippen LogP contribution in [0.1, 0.15) is 59.4 Å². The van der Waals surface area contributed by atoms with Gasteiger partial charge in [0, 0.05) is 23.8 Å². The van der Waals surface area contributed by atoms with Gasteiger partial charge in [-0.25, -0.2) is 0 Å². The van der Waals surface area contributed by atoms with Crippen LogP contribution in [0.15, 0.2) is 12.4 Å². The predicted molar refractivity (Wildman–Crippen MR) is 75.2 cm³/mol. The zero-order valence-electron chi connectivity index (χ0n) is 12.5. The number of aromatic nitrogens is 2. The Kier molecular flexibility index (Phi) is 3.09. The van der Waals surface area contributed by atoms with Crippen LogP contribution in [0, 0.1) is 10.8 Å². The predicted octanol–water partition coefficient (Wildman–Crippen LogP) is 3.29. The number of hydrogen-bond donors (Lipinski definition) is 1. The van der Waals surface area contributed by atoms with E-state index >= 15 is 0 Å². The van der Waals surface area contributed by atoms with Gasteiger partial charge < -0.3 is 5.73 Å². The highest BCUT2D eigenvalue weighted by Gasteiger charge is 2.46. The molecule has 1 aromatic rings. The zero-order chi connectivity index (χ0) is 13.6. The summed E-state index contributed by atoms with van der Waals surface area (Å²) in [7, 11) is 0. The molecule has 1 fully saturated rings. The van der Waals surface area contributed by atoms with Crippen molar-refractivity contribution in [3.8, 4) is 0 Å². The number of aryl methyl sites for hydroxylation is 1. The molecule has 1 aliphatic rings. The van der Waals surface area contributed by atoms with Crippen molar-refractivity contribution in [2.75, 3.05) is 0 Å². The Labute approximate surface area is 111 Å². The number of nitrogens with zero attached hydrogens (tertiary/aromatic N) is 2. The quantitative estimate of drug-likeness (QED) is 0.874. The third-order valence-electron chi connectivity index (χ3n) is 4.08. The average Bonchev–Trinajstić information content (AvgIpc) is 2.59. The normalized spacial score (nSPS) is 25.0. The summed E-state index contributed by atoms with van der Waals surface area (Å²) in [4.78, 5) is 0. The minimum absolute atomic E-state index is 0.224. The second-order valence-electron chi connectivity index (χ2n) is 7.60. The fourth-order valence-corrected chi connectivity index (χ4v) is 4.19. The Bertz CT molecular complexity index is 413. The summed E-state index contributed by atoms with van der Waals surface area (Å²) in [6.07, 6.45) is 7.40. The monoisotopic (exact) mass is 249 g/mol. The van der Waals surface area contributed by atoms with Crippen molar-refractivity contribution in [3.63, 3.8) is 0 Å². The Morgan fingerprint density at radius 2 is 1.72 bits per heavy atom. The van der Waals surface area contributed by atoms with Gasteiger partial charge in [0.15, 0.2) is 0 Å². The third kappa shape index (κ3) is 2.61. The summed E-state index contributed by atoms with van der Waals surface area (Å²) < 4.78 is 1.97. The van der Waals surface area contributed by atoms with Gasteiger partial charge in [-0.1, -0.05) is 27.7 Å². The topological polar surface area (TPSA) is 43.8 Å². The van der Waals surface area contributed by atoms with Gasteiger partial charge in [-0.05, 0) is 37.0 Å². The van der Waals surface area contributed by atoms with E-state index in [4.69, 9.17) is 5.73 Å². The Balaban J connectivity index is 2.34. The van der Waals surface area contributed by atoms with E-state index in [9.17, 15) is 0 Å². The van der Waals surface area contributed by atoms with Gasteiger partial charge in [-0.15, -0.1) is 0 Å². The van der Waals surface area contributed by atoms with Crippen molar-refractivity contribution in [2.45, 2.75) is 66.0 Å². The van der Waals surface area contributed by atoms with E-state index in [1.54, 1.807) is 0 Å². The van der Waals surface area contributed by atoms with Gasteiger partial charge in [-0.2, -0.15) is 5.10 Å². The molecular formula is C15H27N3. The Morgan fingerprint density at radius 3 is 2.17 bits per heavy atom. The van der Waals surface area contributed by atoms with E-state index in [1.165, 1.54) is 12.0 Å². The molecule has 0 radical (unpaired) electrons. The van der Waals surface area contributed by atoms with Crippen LogP contribution in [0.2, 0.25) is 0 Å². The summed E-state index contributed by atoms with van der Waals surface area (Å²) in [5, 5.41) is 4.39. The number of nitrogens with two attached hydrogens (primary N) is 1. The summed E-state index contributed by atoms with van der Waals surface area (Å²) in [6, 6.07) is 0. The molecule has 0 spiro atoms. The SMILES string of the molecule is CCn1cc(C2(N)CC(C)(C)CC(C)(C)C2)cn1. The molecule has 0 aliphatic heterocycles. The second kappa shape index (κ2) is 4.09. The smallest absolute Gasteiger partial charge is 0.0540 e. The molecule has 1 saturated carbocycles. The molecule has 0 amide bonds. The second-order valence-corrected chi connectivity index (χ2v) is 7.60. The van der Waals surface area contributed by atoms with Crippen molar-refractivity contribution in [1.29, 1.82) is 0 Å². The minimum Gasteiger partial charge on any atom is -0.321 e. The Hall–Kier alpha value is -0.830. The van der Waals surface area contributed by atoms with E-state index < -0.39 is 0 Å². The first-order valence-electron chi connectivity index (χ1n) is 6.98. The zero-order valence-corrected chi connectivity index (χ0v) is 12.5. The molecule has 0 aromatic carbocycles. The molecule has 1 aromatic heterocycles. The van der Waals surface area contributed by atoms with E-state index in [0.717, 1.165) is 19.4 Å². The maximum absolute atomic E-state index is 6.75. The highest BCUT2D eigenvalue weighted by Crippen LogP contribution is 2.52. The first-order valence-corrected chi connectivity index (χ1v) is 6.98. The lowest BCUT2D eigenvalue weighted by Gasteiger charge is -2.50. The largest absolute Gasteiger partial charge is 0.321 e. The minimum atomic E-state index is -0.224. The highest BCUT2D eigenvalue weighted by atomic mass is 15.3. The van der Waals surface area contributed by atoms with Crippen LogP contribution in [0.4, 0.5) is 0 Å². The van der Waals surface area contributed by atoms with Crippen LogP contribution in [0.3, 0.4) is 0 Å². The van der Waals surface area contributed by atoms with Crippen LogP contribution in [0.25, 0.3) is 0 Å². The summed E-state index contributed by atoms with van der Waals surface area (Å²) >= 11 is 0. The van der Waals surface area contributed by atoms with E-state index in [1.807, 2.05) is 10.9 Å². The lowest BCUT2D eigenvalue weighted by atomic mass is 9.57. The van der Waals surface area contributed by atoms with Gasteiger partial charge in [0.25, 0.3) is 0 Å². The van der Waals surface area contributed by atoms with Gasteiger partial charge in [-0.3, -0.25) is 4.68 Å². The molecule has 0 saturated heterocycles. The van der Waals surface area contributed by atoms with Crippen LogP contribution >= 0.6 is 0 Å². The van der Waals surface area contributed by atoms with Crippen LogP contribution in [-0.4, -0.2) is 9.78 Å². The molecule has 1 aliphatic carbocycles. The molecule has 0 bridgehead atoms. The standard InChI is InChI=1S/C15H27N3/c1-6-18-8-12(7-17-18)15(16)10-13(2,3)9-14(4,5)11-15/h7-8H,6,9-11,16H2,1-5H3. The van der Waals surface area contributed by atoms with E-state index in [0.29, 0.717) is 10.8 Å². The molecule has 102 valence electrons. The maximum atomic E-state index is 6.75. The van der Waals surface area contributed by atoms with Gasteiger partial charge >= 0.3 is 0 Å². The lowest BCUT2D eigenvalue weighted by Crippen LogP contribution is -2.49. The van der Waals surface area contributed by atoms with Gasteiger partial charge in [0.2, 0.25) is 0 Å². The summed E-state index contributed by atoms with van der Waals surface area (Å²) in [6.45, 7) is 12.3. The molecule has 0 atom stereocenters. The van der Waals surface area contributed by atoms with Crippen molar-refractivity contribution >= 4 is 0 Å². The lowest BCUT2D eigenvalue weighted by molar-refractivity contribution is 0.0470. The molecule has 2 N–H and O–H groups in total. The first-order chi connectivity index (χ1) is 8.16.